The third kappa shape index (κ3) is 3.05. The van der Waals surface area contributed by atoms with Gasteiger partial charge in [0.2, 0.25) is 6.39 Å². The molecular weight excluding hydrogens is 298 g/mol. The first-order valence-electron chi connectivity index (χ1n) is 5.90. The van der Waals surface area contributed by atoms with Crippen LogP contribution in [0.2, 0.25) is 0 Å². The van der Waals surface area contributed by atoms with Gasteiger partial charge in [-0.15, -0.1) is 23.1 Å². The molecule has 0 radical (unpaired) electrons. The largest absolute Gasteiger partial charge is 0.396 e. The van der Waals surface area contributed by atoms with E-state index in [0.717, 1.165) is 9.90 Å². The number of thioether (sulfide) groups is 1. The summed E-state index contributed by atoms with van der Waals surface area (Å²) >= 11 is 2.82. The number of carbonyl (C=O) groups is 1. The predicted molar refractivity (Wildman–Crippen MR) is 80.1 cm³/mol. The minimum absolute atomic E-state index is 0.155. The maximum atomic E-state index is 11.9. The Hall–Kier alpha value is -1.74. The molecule has 0 fully saturated rings. The number of carbonyl (C=O) groups excluding carboxylic acids is 1. The Morgan fingerprint density at radius 3 is 3.00 bits per heavy atom. The summed E-state index contributed by atoms with van der Waals surface area (Å²) in [6, 6.07) is 0. The number of aromatic nitrogens is 2. The van der Waals surface area contributed by atoms with Gasteiger partial charge in [-0.3, -0.25) is 4.79 Å². The molecule has 0 aliphatic carbocycles. The third-order valence-corrected chi connectivity index (χ3v) is 4.58. The van der Waals surface area contributed by atoms with Gasteiger partial charge in [-0.2, -0.15) is 4.98 Å². The number of anilines is 2. The number of nitrogen functional groups attached to an aromatic ring is 1. The highest BCUT2D eigenvalue weighted by atomic mass is 32.2. The molecule has 0 unspecified atom stereocenters. The average Bonchev–Trinajstić information content (AvgIpc) is 3.04. The van der Waals surface area contributed by atoms with Gasteiger partial charge in [0.05, 0.1) is 17.1 Å². The van der Waals surface area contributed by atoms with Gasteiger partial charge in [-0.25, -0.2) is 0 Å². The number of amides is 1. The van der Waals surface area contributed by atoms with Crippen LogP contribution in [0.1, 0.15) is 22.4 Å². The van der Waals surface area contributed by atoms with Crippen molar-refractivity contribution >= 4 is 39.7 Å². The number of thiophene rings is 1. The van der Waals surface area contributed by atoms with Gasteiger partial charge >= 0.3 is 0 Å². The van der Waals surface area contributed by atoms with E-state index < -0.39 is 0 Å². The Labute approximate surface area is 124 Å². The lowest BCUT2D eigenvalue weighted by Gasteiger charge is -2.03. The molecule has 0 saturated heterocycles. The lowest BCUT2D eigenvalue weighted by molar-refractivity contribution is 0.0960. The van der Waals surface area contributed by atoms with E-state index in [1.807, 2.05) is 13.2 Å². The van der Waals surface area contributed by atoms with E-state index in [1.165, 1.54) is 29.5 Å². The molecule has 0 aliphatic rings. The summed E-state index contributed by atoms with van der Waals surface area (Å²) in [7, 11) is 0. The summed E-state index contributed by atoms with van der Waals surface area (Å²) in [5.41, 5.74) is 6.54. The molecule has 9 heteroatoms. The highest BCUT2D eigenvalue weighted by Crippen LogP contribution is 2.41. The maximum Gasteiger partial charge on any atom is 0.263 e. The number of nitrogens with zero attached hydrogens (tertiary/aromatic N) is 2. The summed E-state index contributed by atoms with van der Waals surface area (Å²) in [4.78, 5) is 17.2. The van der Waals surface area contributed by atoms with Crippen molar-refractivity contribution in [3.05, 3.63) is 17.1 Å². The van der Waals surface area contributed by atoms with Crippen LogP contribution in [0.3, 0.4) is 0 Å². The van der Waals surface area contributed by atoms with Crippen LogP contribution in [0.15, 0.2) is 15.8 Å². The average molecular weight is 313 g/mol. The molecule has 2 aromatic rings. The van der Waals surface area contributed by atoms with Gasteiger partial charge in [0.1, 0.15) is 9.88 Å². The monoisotopic (exact) mass is 313 g/mol. The van der Waals surface area contributed by atoms with Crippen molar-refractivity contribution in [2.45, 2.75) is 18.4 Å². The summed E-state index contributed by atoms with van der Waals surface area (Å²) in [5.74, 6) is 0.390. The predicted octanol–water partition coefficient (Wildman–Crippen LogP) is 1.80. The fourth-order valence-electron chi connectivity index (χ4n) is 1.59. The summed E-state index contributed by atoms with van der Waals surface area (Å²) in [5, 5.41) is 10.5. The van der Waals surface area contributed by atoms with Gasteiger partial charge in [0.15, 0.2) is 5.82 Å². The van der Waals surface area contributed by atoms with Gasteiger partial charge < -0.3 is 20.9 Å². The van der Waals surface area contributed by atoms with E-state index in [0.29, 0.717) is 29.5 Å². The number of hydrogen-bond acceptors (Lipinski definition) is 8. The van der Waals surface area contributed by atoms with Crippen molar-refractivity contribution in [3.8, 4) is 0 Å². The minimum Gasteiger partial charge on any atom is -0.396 e. The number of hydrogen-bond donors (Lipinski definition) is 3. The zero-order chi connectivity index (χ0) is 14.5. The molecular formula is C11H15N5O2S2. The minimum atomic E-state index is -0.155. The van der Waals surface area contributed by atoms with Crippen LogP contribution < -0.4 is 16.4 Å². The molecule has 0 atom stereocenters. The quantitative estimate of drug-likeness (QED) is 0.698. The van der Waals surface area contributed by atoms with Crippen molar-refractivity contribution in [1.29, 1.82) is 0 Å². The van der Waals surface area contributed by atoms with E-state index in [1.54, 1.807) is 0 Å². The smallest absolute Gasteiger partial charge is 0.263 e. The fourth-order valence-corrected chi connectivity index (χ4v) is 3.53. The van der Waals surface area contributed by atoms with Crippen molar-refractivity contribution in [1.82, 2.24) is 15.5 Å². The van der Waals surface area contributed by atoms with Crippen molar-refractivity contribution in [3.63, 3.8) is 0 Å². The van der Waals surface area contributed by atoms with Crippen molar-refractivity contribution in [2.24, 2.45) is 0 Å². The highest BCUT2D eigenvalue weighted by Gasteiger charge is 2.20. The Morgan fingerprint density at radius 1 is 1.60 bits per heavy atom. The Morgan fingerprint density at radius 2 is 2.40 bits per heavy atom. The molecule has 2 rings (SSSR count). The van der Waals surface area contributed by atoms with Gasteiger partial charge in [-0.05, 0) is 13.2 Å². The summed E-state index contributed by atoms with van der Waals surface area (Å²) < 4.78 is 4.67. The van der Waals surface area contributed by atoms with Gasteiger partial charge in [0.25, 0.3) is 5.91 Å². The van der Waals surface area contributed by atoms with Gasteiger partial charge in [0, 0.05) is 6.54 Å². The zero-order valence-electron chi connectivity index (χ0n) is 11.1. The molecule has 0 spiro atoms. The van der Waals surface area contributed by atoms with E-state index in [-0.39, 0.29) is 5.91 Å². The lowest BCUT2D eigenvalue weighted by atomic mass is 10.3. The molecule has 0 saturated carbocycles. The third-order valence-electron chi connectivity index (χ3n) is 2.46. The molecule has 0 aliphatic heterocycles. The van der Waals surface area contributed by atoms with Crippen LogP contribution in [0.25, 0.3) is 0 Å². The number of nitrogens with one attached hydrogen (secondary N) is 2. The van der Waals surface area contributed by atoms with Gasteiger partial charge in [-0.1, -0.05) is 5.16 Å². The molecule has 2 aromatic heterocycles. The second-order valence-corrected chi connectivity index (χ2v) is 5.60. The highest BCUT2D eigenvalue weighted by molar-refractivity contribution is 7.99. The number of rotatable bonds is 6. The Kier molecular flexibility index (Phi) is 4.85. The van der Waals surface area contributed by atoms with Crippen LogP contribution in [0.4, 0.5) is 10.7 Å². The first-order chi connectivity index (χ1) is 9.67. The molecule has 0 bridgehead atoms. The topological polar surface area (TPSA) is 106 Å². The molecule has 2 heterocycles. The van der Waals surface area contributed by atoms with E-state index >= 15 is 0 Å². The molecule has 7 nitrogen and oxygen atoms in total. The molecule has 0 aromatic carbocycles. The normalized spacial score (nSPS) is 10.5. The van der Waals surface area contributed by atoms with Crippen LogP contribution in [-0.4, -0.2) is 28.8 Å². The Bertz CT molecular complexity index is 582. The fraction of sp³-hybridized carbons (Fsp3) is 0.364. The molecule has 108 valence electrons. The van der Waals surface area contributed by atoms with Crippen LogP contribution in [0, 0.1) is 0 Å². The lowest BCUT2D eigenvalue weighted by Crippen LogP contribution is -2.22. The van der Waals surface area contributed by atoms with E-state index in [2.05, 4.69) is 25.3 Å². The molecule has 1 amide bonds. The molecule has 20 heavy (non-hydrogen) atoms. The zero-order valence-corrected chi connectivity index (χ0v) is 12.7. The Balaban J connectivity index is 2.19. The summed E-state index contributed by atoms with van der Waals surface area (Å²) in [6.45, 7) is 2.85. The second kappa shape index (κ2) is 6.62. The van der Waals surface area contributed by atoms with Crippen LogP contribution in [0.5, 0.6) is 0 Å². The summed E-state index contributed by atoms with van der Waals surface area (Å²) in [6.07, 6.45) is 3.19. The first kappa shape index (κ1) is 14.7. The number of nitrogens with two attached hydrogens (primary N) is 1. The standard InChI is InChI=1S/C11H15N5O2S2/c1-3-13-10(17)8-7(12)9(19-2)11(20-8)14-4-6-15-5-18-16-6/h5,14H,3-4,12H2,1-2H3,(H,13,17). The van der Waals surface area contributed by atoms with Crippen molar-refractivity contribution < 1.29 is 9.32 Å². The second-order valence-electron chi connectivity index (χ2n) is 3.77. The maximum absolute atomic E-state index is 11.9. The van der Waals surface area contributed by atoms with Crippen LogP contribution in [-0.2, 0) is 6.54 Å². The van der Waals surface area contributed by atoms with Crippen molar-refractivity contribution in [2.75, 3.05) is 23.9 Å². The van der Waals surface area contributed by atoms with E-state index in [4.69, 9.17) is 5.73 Å². The SMILES string of the molecule is CCNC(=O)c1sc(NCc2ncon2)c(SC)c1N. The van der Waals surface area contributed by atoms with Crippen LogP contribution >= 0.6 is 23.1 Å². The molecule has 4 N–H and O–H groups in total. The first-order valence-corrected chi connectivity index (χ1v) is 7.95. The van der Waals surface area contributed by atoms with E-state index in [9.17, 15) is 4.79 Å².